The van der Waals surface area contributed by atoms with E-state index in [4.69, 9.17) is 0 Å². The number of nitrogens with one attached hydrogen (secondary N) is 2. The minimum absolute atomic E-state index is 0. The van der Waals surface area contributed by atoms with E-state index < -0.39 is 0 Å². The predicted molar refractivity (Wildman–Crippen MR) is 77.9 cm³/mol. The van der Waals surface area contributed by atoms with Crippen LogP contribution < -0.4 is 16.2 Å². The fourth-order valence-corrected chi connectivity index (χ4v) is 2.15. The molecule has 1 unspecified atom stereocenters. The quantitative estimate of drug-likeness (QED) is 0.858. The van der Waals surface area contributed by atoms with Gasteiger partial charge >= 0.3 is 0 Å². The van der Waals surface area contributed by atoms with E-state index in [-0.39, 0.29) is 29.9 Å². The van der Waals surface area contributed by atoms with Crippen LogP contribution >= 0.6 is 12.4 Å². The van der Waals surface area contributed by atoms with E-state index >= 15 is 0 Å². The Kier molecular flexibility index (Phi) is 5.57. The van der Waals surface area contributed by atoms with E-state index in [9.17, 15) is 9.59 Å². The van der Waals surface area contributed by atoms with E-state index in [1.54, 1.807) is 13.2 Å². The molecular formula is C13H20ClN3O2. The molecule has 1 fully saturated rings. The Morgan fingerprint density at radius 2 is 2.21 bits per heavy atom. The Hall–Kier alpha value is -1.33. The largest absolute Gasteiger partial charge is 0.323 e. The van der Waals surface area contributed by atoms with Crippen molar-refractivity contribution in [3.8, 4) is 0 Å². The van der Waals surface area contributed by atoms with Gasteiger partial charge in [0.1, 0.15) is 0 Å². The summed E-state index contributed by atoms with van der Waals surface area (Å²) in [7, 11) is 1.68. The number of nitrogens with zero attached hydrogens (tertiary/aromatic N) is 1. The number of aryl methyl sites for hydroxylation is 2. The van der Waals surface area contributed by atoms with Gasteiger partial charge in [-0.25, -0.2) is 0 Å². The van der Waals surface area contributed by atoms with E-state index in [2.05, 4.69) is 10.6 Å². The molecule has 0 radical (unpaired) electrons. The fourth-order valence-electron chi connectivity index (χ4n) is 2.15. The molecular weight excluding hydrogens is 266 g/mol. The molecule has 1 aromatic rings. The van der Waals surface area contributed by atoms with Crippen molar-refractivity contribution in [3.63, 3.8) is 0 Å². The van der Waals surface area contributed by atoms with Crippen LogP contribution in [0, 0.1) is 6.92 Å². The molecule has 2 N–H and O–H groups in total. The van der Waals surface area contributed by atoms with Crippen LogP contribution in [0.1, 0.15) is 24.8 Å². The highest BCUT2D eigenvalue weighted by molar-refractivity contribution is 5.95. The van der Waals surface area contributed by atoms with E-state index in [1.165, 1.54) is 10.6 Å². The van der Waals surface area contributed by atoms with Crippen molar-refractivity contribution in [1.82, 2.24) is 9.88 Å². The zero-order valence-electron chi connectivity index (χ0n) is 11.2. The summed E-state index contributed by atoms with van der Waals surface area (Å²) < 4.78 is 1.47. The third-order valence-corrected chi connectivity index (χ3v) is 3.32. The normalized spacial score (nSPS) is 18.5. The number of carbonyl (C=O) groups excluding carboxylic acids is 1. The van der Waals surface area contributed by atoms with Gasteiger partial charge in [0.25, 0.3) is 5.56 Å². The molecule has 106 valence electrons. The van der Waals surface area contributed by atoms with Crippen LogP contribution in [0.5, 0.6) is 0 Å². The van der Waals surface area contributed by atoms with Crippen molar-refractivity contribution in [3.05, 3.63) is 28.2 Å². The summed E-state index contributed by atoms with van der Waals surface area (Å²) in [5.41, 5.74) is 1.43. The van der Waals surface area contributed by atoms with Gasteiger partial charge in [-0.1, -0.05) is 6.42 Å². The highest BCUT2D eigenvalue weighted by atomic mass is 35.5. The number of amides is 1. The van der Waals surface area contributed by atoms with Crippen LogP contribution in [-0.2, 0) is 11.8 Å². The van der Waals surface area contributed by atoms with Crippen LogP contribution in [0.2, 0.25) is 0 Å². The second kappa shape index (κ2) is 6.73. The maximum atomic E-state index is 12.1. The molecule has 1 aromatic heterocycles. The SMILES string of the molecule is Cc1cc(=O)n(C)cc1NC(=O)C1CCCCN1.Cl. The Labute approximate surface area is 118 Å². The molecule has 5 nitrogen and oxygen atoms in total. The van der Waals surface area contributed by atoms with Crippen LogP contribution in [0.3, 0.4) is 0 Å². The summed E-state index contributed by atoms with van der Waals surface area (Å²) in [5, 5.41) is 6.09. The van der Waals surface area contributed by atoms with Crippen molar-refractivity contribution in [2.24, 2.45) is 7.05 Å². The molecule has 0 spiro atoms. The first kappa shape index (κ1) is 15.7. The van der Waals surface area contributed by atoms with Gasteiger partial charge in [-0.2, -0.15) is 0 Å². The Morgan fingerprint density at radius 1 is 1.47 bits per heavy atom. The van der Waals surface area contributed by atoms with Gasteiger partial charge in [-0.05, 0) is 31.9 Å². The number of hydrogen-bond donors (Lipinski definition) is 2. The predicted octanol–water partition coefficient (Wildman–Crippen LogP) is 1.20. The number of halogens is 1. The first-order chi connectivity index (χ1) is 8.58. The van der Waals surface area contributed by atoms with Gasteiger partial charge in [0.15, 0.2) is 0 Å². The van der Waals surface area contributed by atoms with Crippen LogP contribution in [0.15, 0.2) is 17.1 Å². The molecule has 0 saturated carbocycles. The topological polar surface area (TPSA) is 63.1 Å². The van der Waals surface area contributed by atoms with Gasteiger partial charge in [0.2, 0.25) is 5.91 Å². The van der Waals surface area contributed by atoms with Crippen molar-refractivity contribution < 1.29 is 4.79 Å². The van der Waals surface area contributed by atoms with Crippen molar-refractivity contribution in [2.75, 3.05) is 11.9 Å². The molecule has 1 saturated heterocycles. The number of anilines is 1. The highest BCUT2D eigenvalue weighted by Gasteiger charge is 2.20. The third-order valence-electron chi connectivity index (χ3n) is 3.32. The monoisotopic (exact) mass is 285 g/mol. The summed E-state index contributed by atoms with van der Waals surface area (Å²) in [5.74, 6) is -0.0172. The first-order valence-electron chi connectivity index (χ1n) is 6.29. The van der Waals surface area contributed by atoms with Gasteiger partial charge < -0.3 is 15.2 Å². The van der Waals surface area contributed by atoms with Crippen LogP contribution in [0.4, 0.5) is 5.69 Å². The lowest BCUT2D eigenvalue weighted by Crippen LogP contribution is -2.43. The van der Waals surface area contributed by atoms with Crippen molar-refractivity contribution in [1.29, 1.82) is 0 Å². The molecule has 6 heteroatoms. The number of rotatable bonds is 2. The van der Waals surface area contributed by atoms with Gasteiger partial charge in [-0.3, -0.25) is 9.59 Å². The Bertz CT molecular complexity index is 507. The van der Waals surface area contributed by atoms with Crippen LogP contribution in [-0.4, -0.2) is 23.1 Å². The molecule has 1 amide bonds. The smallest absolute Gasteiger partial charge is 0.250 e. The number of piperidine rings is 1. The zero-order valence-corrected chi connectivity index (χ0v) is 12.0. The molecule has 2 rings (SSSR count). The summed E-state index contributed by atoms with van der Waals surface area (Å²) in [6.45, 7) is 2.72. The van der Waals surface area contributed by atoms with E-state index in [0.29, 0.717) is 5.69 Å². The minimum Gasteiger partial charge on any atom is -0.323 e. The first-order valence-corrected chi connectivity index (χ1v) is 6.29. The van der Waals surface area contributed by atoms with E-state index in [0.717, 1.165) is 31.4 Å². The molecule has 0 aliphatic carbocycles. The molecule has 19 heavy (non-hydrogen) atoms. The van der Waals surface area contributed by atoms with Gasteiger partial charge in [0, 0.05) is 19.3 Å². The molecule has 1 aliphatic heterocycles. The summed E-state index contributed by atoms with van der Waals surface area (Å²) in [6, 6.07) is 1.42. The lowest BCUT2D eigenvalue weighted by Gasteiger charge is -2.23. The van der Waals surface area contributed by atoms with Crippen molar-refractivity contribution in [2.45, 2.75) is 32.2 Å². The standard InChI is InChI=1S/C13H19N3O2.ClH/c1-9-7-12(17)16(2)8-11(9)15-13(18)10-5-3-4-6-14-10;/h7-8,10,14H,3-6H2,1-2H3,(H,15,18);1H. The fraction of sp³-hybridized carbons (Fsp3) is 0.538. The molecule has 0 bridgehead atoms. The van der Waals surface area contributed by atoms with Crippen molar-refractivity contribution >= 4 is 24.0 Å². The number of pyridine rings is 1. The zero-order chi connectivity index (χ0) is 13.1. The third kappa shape index (κ3) is 3.81. The lowest BCUT2D eigenvalue weighted by molar-refractivity contribution is -0.118. The summed E-state index contributed by atoms with van der Waals surface area (Å²) in [6.07, 6.45) is 4.75. The second-order valence-electron chi connectivity index (χ2n) is 4.81. The summed E-state index contributed by atoms with van der Waals surface area (Å²) >= 11 is 0. The highest BCUT2D eigenvalue weighted by Crippen LogP contribution is 2.13. The average molecular weight is 286 g/mol. The number of carbonyl (C=O) groups is 1. The Morgan fingerprint density at radius 3 is 2.84 bits per heavy atom. The second-order valence-corrected chi connectivity index (χ2v) is 4.81. The maximum absolute atomic E-state index is 12.1. The average Bonchev–Trinajstić information content (AvgIpc) is 2.37. The minimum atomic E-state index is -0.115. The maximum Gasteiger partial charge on any atom is 0.250 e. The number of hydrogen-bond acceptors (Lipinski definition) is 3. The van der Waals surface area contributed by atoms with Gasteiger partial charge in [-0.15, -0.1) is 12.4 Å². The van der Waals surface area contributed by atoms with Crippen LogP contribution in [0.25, 0.3) is 0 Å². The molecule has 2 heterocycles. The van der Waals surface area contributed by atoms with E-state index in [1.807, 2.05) is 6.92 Å². The lowest BCUT2D eigenvalue weighted by atomic mass is 10.0. The molecule has 0 aromatic carbocycles. The molecule has 1 aliphatic rings. The Balaban J connectivity index is 0.00000180. The molecule has 1 atom stereocenters. The number of aromatic nitrogens is 1. The van der Waals surface area contributed by atoms with Gasteiger partial charge in [0.05, 0.1) is 11.7 Å². The summed E-state index contributed by atoms with van der Waals surface area (Å²) in [4.78, 5) is 23.5.